The third kappa shape index (κ3) is 3.45. The minimum atomic E-state index is -0.0409. The minimum Gasteiger partial charge on any atom is -0.398 e. The number of nitrogen functional groups attached to an aromatic ring is 1. The molecule has 0 aromatic heterocycles. The van der Waals surface area contributed by atoms with Crippen molar-refractivity contribution in [3.8, 4) is 0 Å². The van der Waals surface area contributed by atoms with Crippen LogP contribution in [0.25, 0.3) is 0 Å². The van der Waals surface area contributed by atoms with Crippen LogP contribution in [0.5, 0.6) is 0 Å². The summed E-state index contributed by atoms with van der Waals surface area (Å²) in [5.41, 5.74) is 7.27. The number of benzene rings is 1. The van der Waals surface area contributed by atoms with Crippen LogP contribution in [-0.4, -0.2) is 18.2 Å². The van der Waals surface area contributed by atoms with Gasteiger partial charge in [0.25, 0.3) is 5.91 Å². The van der Waals surface area contributed by atoms with Crippen molar-refractivity contribution in [3.05, 3.63) is 23.8 Å². The van der Waals surface area contributed by atoms with Crippen molar-refractivity contribution in [1.29, 1.82) is 0 Å². The molecule has 3 N–H and O–H groups in total. The molecule has 0 fully saturated rings. The molecule has 0 saturated carbocycles. The Morgan fingerprint density at radius 2 is 2.19 bits per heavy atom. The average Bonchev–Trinajstić information content (AvgIpc) is 2.28. The van der Waals surface area contributed by atoms with Gasteiger partial charge >= 0.3 is 0 Å². The van der Waals surface area contributed by atoms with Gasteiger partial charge in [-0.05, 0) is 37.3 Å². The van der Waals surface area contributed by atoms with Crippen LogP contribution in [0.15, 0.2) is 23.1 Å². The van der Waals surface area contributed by atoms with Crippen LogP contribution < -0.4 is 11.1 Å². The highest BCUT2D eigenvalue weighted by Gasteiger charge is 2.07. The van der Waals surface area contributed by atoms with E-state index in [2.05, 4.69) is 12.2 Å². The Balaban J connectivity index is 2.84. The van der Waals surface area contributed by atoms with E-state index < -0.39 is 0 Å². The third-order valence-electron chi connectivity index (χ3n) is 2.07. The van der Waals surface area contributed by atoms with Gasteiger partial charge in [0, 0.05) is 22.7 Å². The number of thioether (sulfide) groups is 1. The summed E-state index contributed by atoms with van der Waals surface area (Å²) in [6, 6.07) is 5.42. The largest absolute Gasteiger partial charge is 0.398 e. The number of hydrogen-bond acceptors (Lipinski definition) is 3. The summed E-state index contributed by atoms with van der Waals surface area (Å²) in [7, 11) is 0. The fourth-order valence-electron chi connectivity index (χ4n) is 1.28. The lowest BCUT2D eigenvalue weighted by Crippen LogP contribution is -2.22. The quantitative estimate of drug-likeness (QED) is 0.612. The SMILES string of the molecule is CCCSc1cc(C(=O)NCC)ccc1N. The second-order valence-electron chi connectivity index (χ2n) is 3.46. The lowest BCUT2D eigenvalue weighted by molar-refractivity contribution is 0.0955. The molecule has 1 aromatic carbocycles. The first-order valence-electron chi connectivity index (χ1n) is 5.49. The monoisotopic (exact) mass is 238 g/mol. The molecule has 1 aromatic rings. The van der Waals surface area contributed by atoms with Gasteiger partial charge < -0.3 is 11.1 Å². The summed E-state index contributed by atoms with van der Waals surface area (Å²) in [5.74, 6) is 0.976. The first-order valence-corrected chi connectivity index (χ1v) is 6.48. The van der Waals surface area contributed by atoms with Crippen molar-refractivity contribution >= 4 is 23.4 Å². The molecule has 16 heavy (non-hydrogen) atoms. The van der Waals surface area contributed by atoms with Gasteiger partial charge in [-0.1, -0.05) is 6.92 Å². The van der Waals surface area contributed by atoms with Crippen molar-refractivity contribution in [2.24, 2.45) is 0 Å². The zero-order valence-corrected chi connectivity index (χ0v) is 10.6. The Morgan fingerprint density at radius 3 is 2.81 bits per heavy atom. The molecule has 0 aliphatic rings. The van der Waals surface area contributed by atoms with Crippen molar-refractivity contribution in [3.63, 3.8) is 0 Å². The predicted molar refractivity (Wildman–Crippen MR) is 69.9 cm³/mol. The normalized spacial score (nSPS) is 10.1. The van der Waals surface area contributed by atoms with E-state index in [1.807, 2.05) is 13.0 Å². The van der Waals surface area contributed by atoms with Crippen LogP contribution >= 0.6 is 11.8 Å². The van der Waals surface area contributed by atoms with Crippen molar-refractivity contribution in [1.82, 2.24) is 5.32 Å². The van der Waals surface area contributed by atoms with Crippen molar-refractivity contribution in [2.75, 3.05) is 18.0 Å². The molecule has 0 heterocycles. The van der Waals surface area contributed by atoms with Crippen LogP contribution in [-0.2, 0) is 0 Å². The summed E-state index contributed by atoms with van der Waals surface area (Å²) in [5, 5.41) is 2.78. The molecular formula is C12H18N2OS. The number of amides is 1. The molecule has 0 spiro atoms. The fraction of sp³-hybridized carbons (Fsp3) is 0.417. The Labute approximate surface area is 101 Å². The molecule has 1 rings (SSSR count). The predicted octanol–water partition coefficient (Wildman–Crippen LogP) is 2.52. The van der Waals surface area contributed by atoms with Crippen LogP contribution in [0.4, 0.5) is 5.69 Å². The molecular weight excluding hydrogens is 220 g/mol. The van der Waals surface area contributed by atoms with Gasteiger partial charge in [-0.2, -0.15) is 0 Å². The van der Waals surface area contributed by atoms with Crippen LogP contribution in [0.1, 0.15) is 30.6 Å². The van der Waals surface area contributed by atoms with E-state index in [1.54, 1.807) is 23.9 Å². The van der Waals surface area contributed by atoms with E-state index in [0.29, 0.717) is 12.1 Å². The third-order valence-corrected chi connectivity index (χ3v) is 3.35. The highest BCUT2D eigenvalue weighted by Crippen LogP contribution is 2.26. The number of hydrogen-bond donors (Lipinski definition) is 2. The van der Waals surface area contributed by atoms with E-state index in [0.717, 1.165) is 22.8 Å². The number of anilines is 1. The Morgan fingerprint density at radius 1 is 1.44 bits per heavy atom. The molecule has 88 valence electrons. The van der Waals surface area contributed by atoms with E-state index in [-0.39, 0.29) is 5.91 Å². The van der Waals surface area contributed by atoms with Gasteiger partial charge in [0.15, 0.2) is 0 Å². The second kappa shape index (κ2) is 6.43. The number of nitrogens with one attached hydrogen (secondary N) is 1. The number of carbonyl (C=O) groups excluding carboxylic acids is 1. The minimum absolute atomic E-state index is 0.0409. The first-order chi connectivity index (χ1) is 7.69. The first kappa shape index (κ1) is 12.9. The van der Waals surface area contributed by atoms with E-state index in [1.165, 1.54) is 0 Å². The molecule has 0 saturated heterocycles. The van der Waals surface area contributed by atoms with Gasteiger partial charge in [0.1, 0.15) is 0 Å². The summed E-state index contributed by atoms with van der Waals surface area (Å²) in [6.45, 7) is 4.67. The maximum atomic E-state index is 11.6. The Bertz CT molecular complexity index is 366. The molecule has 0 bridgehead atoms. The van der Waals surface area contributed by atoms with Crippen LogP contribution in [0, 0.1) is 0 Å². The molecule has 1 amide bonds. The zero-order chi connectivity index (χ0) is 12.0. The van der Waals surface area contributed by atoms with E-state index in [9.17, 15) is 4.79 Å². The molecule has 0 radical (unpaired) electrons. The summed E-state index contributed by atoms with van der Waals surface area (Å²) in [6.07, 6.45) is 1.09. The van der Waals surface area contributed by atoms with Gasteiger partial charge in [-0.25, -0.2) is 0 Å². The molecule has 3 nitrogen and oxygen atoms in total. The highest BCUT2D eigenvalue weighted by atomic mass is 32.2. The standard InChI is InChI=1S/C12H18N2OS/c1-3-7-16-11-8-9(5-6-10(11)13)12(15)14-4-2/h5-6,8H,3-4,7,13H2,1-2H3,(H,14,15). The molecule has 0 unspecified atom stereocenters. The average molecular weight is 238 g/mol. The lowest BCUT2D eigenvalue weighted by atomic mass is 10.2. The Kier molecular flexibility index (Phi) is 5.19. The number of carbonyl (C=O) groups is 1. The number of nitrogens with two attached hydrogens (primary N) is 1. The van der Waals surface area contributed by atoms with Gasteiger partial charge in [0.05, 0.1) is 0 Å². The maximum Gasteiger partial charge on any atom is 0.251 e. The summed E-state index contributed by atoms with van der Waals surface area (Å²) >= 11 is 1.69. The fourth-order valence-corrected chi connectivity index (χ4v) is 2.14. The Hall–Kier alpha value is -1.16. The molecule has 0 aliphatic heterocycles. The molecule has 0 atom stereocenters. The van der Waals surface area contributed by atoms with Gasteiger partial charge in [-0.15, -0.1) is 11.8 Å². The second-order valence-corrected chi connectivity index (χ2v) is 4.60. The van der Waals surface area contributed by atoms with E-state index in [4.69, 9.17) is 5.73 Å². The van der Waals surface area contributed by atoms with Crippen molar-refractivity contribution < 1.29 is 4.79 Å². The van der Waals surface area contributed by atoms with Gasteiger partial charge in [0.2, 0.25) is 0 Å². The highest BCUT2D eigenvalue weighted by molar-refractivity contribution is 7.99. The summed E-state index contributed by atoms with van der Waals surface area (Å²) in [4.78, 5) is 12.6. The smallest absolute Gasteiger partial charge is 0.251 e. The van der Waals surface area contributed by atoms with E-state index >= 15 is 0 Å². The summed E-state index contributed by atoms with van der Waals surface area (Å²) < 4.78 is 0. The maximum absolute atomic E-state index is 11.6. The lowest BCUT2D eigenvalue weighted by Gasteiger charge is -2.07. The van der Waals surface area contributed by atoms with Crippen LogP contribution in [0.2, 0.25) is 0 Å². The topological polar surface area (TPSA) is 55.1 Å². The molecule has 4 heteroatoms. The van der Waals surface area contributed by atoms with Gasteiger partial charge in [-0.3, -0.25) is 4.79 Å². The van der Waals surface area contributed by atoms with Crippen molar-refractivity contribution in [2.45, 2.75) is 25.2 Å². The molecule has 0 aliphatic carbocycles. The van der Waals surface area contributed by atoms with Crippen LogP contribution in [0.3, 0.4) is 0 Å². The number of rotatable bonds is 5. The zero-order valence-electron chi connectivity index (χ0n) is 9.75.